The Morgan fingerprint density at radius 2 is 1.66 bits per heavy atom. The molecule has 152 valence electrons. The molecule has 0 aliphatic carbocycles. The first-order chi connectivity index (χ1) is 14.0. The lowest BCUT2D eigenvalue weighted by molar-refractivity contribution is -0.837. The van der Waals surface area contributed by atoms with Crippen LogP contribution in [0, 0.1) is 0 Å². The molecule has 0 bridgehead atoms. The first-order valence-electron chi connectivity index (χ1n) is 9.30. The lowest BCUT2D eigenvalue weighted by atomic mass is 10.1. The number of hydrogen-bond acceptors (Lipinski definition) is 5. The smallest absolute Gasteiger partial charge is 0.339 e. The molecule has 1 saturated heterocycles. The van der Waals surface area contributed by atoms with E-state index in [4.69, 9.17) is 21.7 Å². The fourth-order valence-corrected chi connectivity index (χ4v) is 3.61. The highest BCUT2D eigenvalue weighted by Gasteiger charge is 2.24. The number of hydrogen-bond donors (Lipinski definition) is 2. The summed E-state index contributed by atoms with van der Waals surface area (Å²) in [6.07, 6.45) is 0. The minimum Gasteiger partial charge on any atom is -0.465 e. The Kier molecular flexibility index (Phi) is 6.79. The maximum Gasteiger partial charge on any atom is 0.339 e. The average Bonchev–Trinajstić information content (AvgIpc) is 2.78. The van der Waals surface area contributed by atoms with Crippen molar-refractivity contribution in [2.45, 2.75) is 0 Å². The van der Waals surface area contributed by atoms with Gasteiger partial charge in [-0.2, -0.15) is 0 Å². The highest BCUT2D eigenvalue weighted by Crippen LogP contribution is 2.20. The van der Waals surface area contributed by atoms with E-state index in [0.29, 0.717) is 21.9 Å². The number of rotatable bonds is 4. The largest absolute Gasteiger partial charge is 0.465 e. The monoisotopic (exact) mass is 414 g/mol. The van der Waals surface area contributed by atoms with Gasteiger partial charge in [-0.15, -0.1) is 0 Å². The van der Waals surface area contributed by atoms with Gasteiger partial charge >= 0.3 is 11.9 Å². The lowest BCUT2D eigenvalue weighted by Crippen LogP contribution is -3.10. The Labute approximate surface area is 175 Å². The molecular formula is C21H24N3O4S+. The summed E-state index contributed by atoms with van der Waals surface area (Å²) in [4.78, 5) is 27.4. The van der Waals surface area contributed by atoms with Gasteiger partial charge in [0.2, 0.25) is 0 Å². The van der Waals surface area contributed by atoms with Crippen molar-refractivity contribution in [2.75, 3.05) is 45.7 Å². The summed E-state index contributed by atoms with van der Waals surface area (Å²) >= 11 is 5.57. The molecule has 1 aliphatic heterocycles. The number of esters is 2. The number of anilines is 1. The molecule has 1 aliphatic rings. The molecule has 7 nitrogen and oxygen atoms in total. The summed E-state index contributed by atoms with van der Waals surface area (Å²) in [5.41, 5.74) is 2.31. The van der Waals surface area contributed by atoms with Crippen LogP contribution in [0.25, 0.3) is 0 Å². The van der Waals surface area contributed by atoms with Crippen LogP contribution in [-0.4, -0.2) is 62.3 Å². The van der Waals surface area contributed by atoms with Crippen molar-refractivity contribution in [1.29, 1.82) is 0 Å². The number of carbonyl (C=O) groups excluding carboxylic acids is 2. The Hall–Kier alpha value is -2.97. The number of nitrogens with zero attached hydrogens (tertiary/aromatic N) is 1. The maximum absolute atomic E-state index is 12.1. The van der Waals surface area contributed by atoms with Crippen LogP contribution >= 0.6 is 12.2 Å². The molecule has 0 saturated carbocycles. The van der Waals surface area contributed by atoms with Crippen LogP contribution in [-0.2, 0) is 9.47 Å². The van der Waals surface area contributed by atoms with E-state index >= 15 is 0 Å². The van der Waals surface area contributed by atoms with Crippen LogP contribution in [0.4, 0.5) is 11.4 Å². The van der Waals surface area contributed by atoms with Gasteiger partial charge in [-0.25, -0.2) is 9.59 Å². The predicted molar refractivity (Wildman–Crippen MR) is 114 cm³/mol. The van der Waals surface area contributed by atoms with Crippen molar-refractivity contribution in [3.05, 3.63) is 59.7 Å². The molecule has 1 fully saturated rings. The molecule has 2 aromatic carbocycles. The first-order valence-corrected chi connectivity index (χ1v) is 9.71. The third-order valence-electron chi connectivity index (χ3n) is 4.92. The average molecular weight is 415 g/mol. The van der Waals surface area contributed by atoms with Crippen LogP contribution < -0.4 is 10.2 Å². The van der Waals surface area contributed by atoms with Crippen LogP contribution in [0.2, 0.25) is 0 Å². The van der Waals surface area contributed by atoms with Crippen molar-refractivity contribution >= 4 is 40.6 Å². The molecule has 0 unspecified atom stereocenters. The summed E-state index contributed by atoms with van der Waals surface area (Å²) in [5, 5.41) is 3.61. The molecule has 2 N–H and O–H groups in total. The third kappa shape index (κ3) is 4.90. The quantitative estimate of drug-likeness (QED) is 0.580. The lowest BCUT2D eigenvalue weighted by Gasteiger charge is -2.33. The first kappa shape index (κ1) is 20.8. The Morgan fingerprint density at radius 1 is 1.00 bits per heavy atom. The summed E-state index contributed by atoms with van der Waals surface area (Å²) in [7, 11) is 2.62. The summed E-state index contributed by atoms with van der Waals surface area (Å²) in [5.74, 6) is -1.000. The number of piperazine rings is 1. The highest BCUT2D eigenvalue weighted by atomic mass is 32.1. The van der Waals surface area contributed by atoms with E-state index in [0.717, 1.165) is 26.2 Å². The van der Waals surface area contributed by atoms with Crippen molar-refractivity contribution in [1.82, 2.24) is 4.90 Å². The molecule has 0 aromatic heterocycles. The Balaban J connectivity index is 1.71. The SMILES string of the molecule is COC(=O)c1ccc(C(=O)OC)c(NC(=S)N2CC[NH+](c3ccccc3)CC2)c1. The van der Waals surface area contributed by atoms with Gasteiger partial charge in [0.15, 0.2) is 5.11 Å². The maximum atomic E-state index is 12.1. The van der Waals surface area contributed by atoms with Gasteiger partial charge in [0, 0.05) is 0 Å². The van der Waals surface area contributed by atoms with Gasteiger partial charge in [-0.05, 0) is 42.5 Å². The van der Waals surface area contributed by atoms with E-state index in [1.807, 2.05) is 18.2 Å². The zero-order valence-corrected chi connectivity index (χ0v) is 17.3. The zero-order valence-electron chi connectivity index (χ0n) is 16.4. The summed E-state index contributed by atoms with van der Waals surface area (Å²) < 4.78 is 9.60. The van der Waals surface area contributed by atoms with Crippen LogP contribution in [0.5, 0.6) is 0 Å². The fraction of sp³-hybridized carbons (Fsp3) is 0.286. The Bertz CT molecular complexity index is 896. The third-order valence-corrected chi connectivity index (χ3v) is 5.28. The molecule has 8 heteroatoms. The minimum atomic E-state index is -0.509. The standard InChI is InChI=1S/C21H23N3O4S/c1-27-19(25)15-8-9-17(20(26)28-2)18(14-15)22-21(29)24-12-10-23(11-13-24)16-6-4-3-5-7-16/h3-9,14H,10-13H2,1-2H3,(H,22,29)/p+1. The Morgan fingerprint density at radius 3 is 2.28 bits per heavy atom. The molecule has 0 radical (unpaired) electrons. The van der Waals surface area contributed by atoms with Crippen molar-refractivity contribution in [3.8, 4) is 0 Å². The van der Waals surface area contributed by atoms with E-state index in [9.17, 15) is 9.59 Å². The number of thiocarbonyl (C=S) groups is 1. The number of methoxy groups -OCH3 is 2. The minimum absolute atomic E-state index is 0.302. The van der Waals surface area contributed by atoms with Crippen LogP contribution in [0.15, 0.2) is 48.5 Å². The fourth-order valence-electron chi connectivity index (χ4n) is 3.32. The zero-order chi connectivity index (χ0) is 20.8. The van der Waals surface area contributed by atoms with Crippen molar-refractivity contribution in [2.24, 2.45) is 0 Å². The van der Waals surface area contributed by atoms with Gasteiger partial charge in [-0.3, -0.25) is 4.90 Å². The second-order valence-electron chi connectivity index (χ2n) is 6.63. The van der Waals surface area contributed by atoms with E-state index < -0.39 is 11.9 Å². The second-order valence-corrected chi connectivity index (χ2v) is 7.02. The van der Waals surface area contributed by atoms with E-state index in [1.54, 1.807) is 6.07 Å². The topological polar surface area (TPSA) is 72.3 Å². The van der Waals surface area contributed by atoms with Gasteiger partial charge in [0.1, 0.15) is 5.69 Å². The summed E-state index contributed by atoms with van der Waals surface area (Å²) in [6.45, 7) is 3.39. The van der Waals surface area contributed by atoms with Gasteiger partial charge < -0.3 is 19.7 Å². The number of carbonyl (C=O) groups is 2. The molecular weight excluding hydrogens is 390 g/mol. The van der Waals surface area contributed by atoms with E-state index in [-0.39, 0.29) is 0 Å². The normalized spacial score (nSPS) is 14.2. The number of ether oxygens (including phenoxy) is 2. The molecule has 0 amide bonds. The number of nitrogens with one attached hydrogen (secondary N) is 2. The number of benzene rings is 2. The van der Waals surface area contributed by atoms with Gasteiger partial charge in [0.05, 0.1) is 57.2 Å². The molecule has 0 spiro atoms. The highest BCUT2D eigenvalue weighted by molar-refractivity contribution is 7.80. The van der Waals surface area contributed by atoms with Crippen molar-refractivity contribution < 1.29 is 24.0 Å². The molecule has 3 rings (SSSR count). The molecule has 2 aromatic rings. The summed E-state index contributed by atoms with van der Waals surface area (Å²) in [6, 6.07) is 15.0. The van der Waals surface area contributed by atoms with E-state index in [2.05, 4.69) is 22.3 Å². The predicted octanol–water partition coefficient (Wildman–Crippen LogP) is 1.49. The van der Waals surface area contributed by atoms with E-state index in [1.165, 1.54) is 36.9 Å². The van der Waals surface area contributed by atoms with Crippen LogP contribution in [0.3, 0.4) is 0 Å². The van der Waals surface area contributed by atoms with Gasteiger partial charge in [0.25, 0.3) is 0 Å². The second kappa shape index (κ2) is 9.49. The van der Waals surface area contributed by atoms with Gasteiger partial charge in [-0.1, -0.05) is 18.2 Å². The van der Waals surface area contributed by atoms with Crippen molar-refractivity contribution in [3.63, 3.8) is 0 Å². The molecule has 0 atom stereocenters. The number of quaternary nitrogens is 1. The van der Waals surface area contributed by atoms with Crippen LogP contribution in [0.1, 0.15) is 20.7 Å². The molecule has 1 heterocycles. The number of para-hydroxylation sites is 1. The molecule has 29 heavy (non-hydrogen) atoms.